The maximum absolute atomic E-state index is 12.0. The number of likely N-dealkylation sites (N-methyl/N-ethyl adjacent to an activating group) is 1. The molecule has 0 saturated heterocycles. The van der Waals surface area contributed by atoms with Crippen LogP contribution < -0.4 is 11.1 Å². The normalized spacial score (nSPS) is 14.4. The Labute approximate surface area is 123 Å². The highest BCUT2D eigenvalue weighted by Gasteiger charge is 2.36. The molecule has 0 aliphatic heterocycles. The Hall–Kier alpha value is -0.910. The first kappa shape index (κ1) is 16.1. The van der Waals surface area contributed by atoms with Crippen LogP contribution >= 0.6 is 15.9 Å². The fourth-order valence-electron chi connectivity index (χ4n) is 2.08. The first-order chi connectivity index (χ1) is 8.92. The van der Waals surface area contributed by atoms with Crippen LogP contribution in [0.4, 0.5) is 0 Å². The highest BCUT2D eigenvalue weighted by molar-refractivity contribution is 9.10. The van der Waals surface area contributed by atoms with E-state index >= 15 is 0 Å². The minimum Gasteiger partial charge on any atom is -0.368 e. The van der Waals surface area contributed by atoms with Gasteiger partial charge in [-0.15, -0.1) is 0 Å². The summed E-state index contributed by atoms with van der Waals surface area (Å²) >= 11 is 3.44. The standard InChI is InChI=1S/C14H22BrN3O/c1-4-14(13(16)19,17-8-9-18(2)3)11-6-5-7-12(15)10-11/h5-7,10,17H,4,8-9H2,1-3H3,(H2,16,19). The van der Waals surface area contributed by atoms with E-state index in [1.165, 1.54) is 0 Å². The Bertz CT molecular complexity index is 436. The molecule has 0 saturated carbocycles. The van der Waals surface area contributed by atoms with Crippen LogP contribution in [0.5, 0.6) is 0 Å². The number of carbonyl (C=O) groups is 1. The third-order valence-electron chi connectivity index (χ3n) is 3.25. The quantitative estimate of drug-likeness (QED) is 0.801. The summed E-state index contributed by atoms with van der Waals surface area (Å²) in [6.45, 7) is 3.52. The number of benzene rings is 1. The van der Waals surface area contributed by atoms with Gasteiger partial charge in [0, 0.05) is 17.6 Å². The third kappa shape index (κ3) is 4.03. The number of amides is 1. The van der Waals surface area contributed by atoms with Gasteiger partial charge in [0.1, 0.15) is 5.54 Å². The minimum absolute atomic E-state index is 0.341. The van der Waals surface area contributed by atoms with Gasteiger partial charge in [0.15, 0.2) is 0 Å². The van der Waals surface area contributed by atoms with Crippen LogP contribution in [0.15, 0.2) is 28.7 Å². The van der Waals surface area contributed by atoms with Gasteiger partial charge in [-0.3, -0.25) is 10.1 Å². The molecule has 106 valence electrons. The van der Waals surface area contributed by atoms with Crippen LogP contribution in [0.3, 0.4) is 0 Å². The molecule has 0 radical (unpaired) electrons. The van der Waals surface area contributed by atoms with Gasteiger partial charge in [-0.05, 0) is 38.2 Å². The van der Waals surface area contributed by atoms with Crippen LogP contribution in [0.2, 0.25) is 0 Å². The Kier molecular flexibility index (Phi) is 5.97. The van der Waals surface area contributed by atoms with Gasteiger partial charge in [0.2, 0.25) is 5.91 Å². The van der Waals surface area contributed by atoms with Crippen molar-refractivity contribution in [3.8, 4) is 0 Å². The van der Waals surface area contributed by atoms with Crippen LogP contribution in [0.25, 0.3) is 0 Å². The van der Waals surface area contributed by atoms with Crippen molar-refractivity contribution < 1.29 is 4.79 Å². The number of primary amides is 1. The number of hydrogen-bond donors (Lipinski definition) is 2. The number of nitrogens with one attached hydrogen (secondary N) is 1. The molecule has 3 N–H and O–H groups in total. The van der Waals surface area contributed by atoms with Crippen molar-refractivity contribution in [2.45, 2.75) is 18.9 Å². The maximum Gasteiger partial charge on any atom is 0.242 e. The lowest BCUT2D eigenvalue weighted by molar-refractivity contribution is -0.125. The SMILES string of the molecule is CCC(NCCN(C)C)(C(N)=O)c1cccc(Br)c1. The van der Waals surface area contributed by atoms with Crippen LogP contribution in [0.1, 0.15) is 18.9 Å². The molecule has 0 aliphatic carbocycles. The van der Waals surface area contributed by atoms with Crippen molar-refractivity contribution in [1.29, 1.82) is 0 Å². The molecule has 19 heavy (non-hydrogen) atoms. The lowest BCUT2D eigenvalue weighted by Gasteiger charge is -2.32. The van der Waals surface area contributed by atoms with Gasteiger partial charge in [0.05, 0.1) is 0 Å². The van der Waals surface area contributed by atoms with E-state index in [1.807, 2.05) is 45.3 Å². The molecule has 1 atom stereocenters. The molecule has 0 aromatic heterocycles. The fraction of sp³-hybridized carbons (Fsp3) is 0.500. The molecule has 0 aliphatic rings. The molecule has 1 rings (SSSR count). The van der Waals surface area contributed by atoms with Gasteiger partial charge >= 0.3 is 0 Å². The second-order valence-corrected chi connectivity index (χ2v) is 5.78. The fourth-order valence-corrected chi connectivity index (χ4v) is 2.48. The van der Waals surface area contributed by atoms with Crippen LogP contribution in [0, 0.1) is 0 Å². The number of rotatable bonds is 7. The molecule has 1 aromatic carbocycles. The van der Waals surface area contributed by atoms with Crippen molar-refractivity contribution >= 4 is 21.8 Å². The predicted molar refractivity (Wildman–Crippen MR) is 81.9 cm³/mol. The number of carbonyl (C=O) groups excluding carboxylic acids is 1. The summed E-state index contributed by atoms with van der Waals surface area (Å²) in [4.78, 5) is 14.0. The molecule has 0 fully saturated rings. The van der Waals surface area contributed by atoms with E-state index < -0.39 is 5.54 Å². The molecule has 0 bridgehead atoms. The molecule has 1 unspecified atom stereocenters. The summed E-state index contributed by atoms with van der Waals surface area (Å²) in [6.07, 6.45) is 0.617. The highest BCUT2D eigenvalue weighted by Crippen LogP contribution is 2.27. The Morgan fingerprint density at radius 3 is 2.63 bits per heavy atom. The van der Waals surface area contributed by atoms with Crippen molar-refractivity contribution in [3.63, 3.8) is 0 Å². The van der Waals surface area contributed by atoms with Crippen molar-refractivity contribution in [2.75, 3.05) is 27.2 Å². The summed E-state index contributed by atoms with van der Waals surface area (Å²) < 4.78 is 0.943. The average molecular weight is 328 g/mol. The van der Waals surface area contributed by atoms with Crippen molar-refractivity contribution in [2.24, 2.45) is 5.73 Å². The van der Waals surface area contributed by atoms with E-state index in [2.05, 4.69) is 26.1 Å². The zero-order chi connectivity index (χ0) is 14.5. The molecular formula is C14H22BrN3O. The van der Waals surface area contributed by atoms with Gasteiger partial charge in [-0.2, -0.15) is 0 Å². The van der Waals surface area contributed by atoms with Gasteiger partial charge in [-0.1, -0.05) is 35.0 Å². The number of halogens is 1. The largest absolute Gasteiger partial charge is 0.368 e. The number of nitrogens with two attached hydrogens (primary N) is 1. The molecule has 1 amide bonds. The van der Waals surface area contributed by atoms with Gasteiger partial charge < -0.3 is 10.6 Å². The average Bonchev–Trinajstić information content (AvgIpc) is 2.34. The second kappa shape index (κ2) is 7.03. The predicted octanol–water partition coefficient (Wildman–Crippen LogP) is 1.69. The van der Waals surface area contributed by atoms with Gasteiger partial charge in [-0.25, -0.2) is 0 Å². The lowest BCUT2D eigenvalue weighted by atomic mass is 9.86. The van der Waals surface area contributed by atoms with E-state index in [0.29, 0.717) is 13.0 Å². The Morgan fingerprint density at radius 1 is 1.47 bits per heavy atom. The van der Waals surface area contributed by atoms with Crippen molar-refractivity contribution in [3.05, 3.63) is 34.3 Å². The summed E-state index contributed by atoms with van der Waals surface area (Å²) in [7, 11) is 4.00. The second-order valence-electron chi connectivity index (χ2n) is 4.86. The summed E-state index contributed by atoms with van der Waals surface area (Å²) in [5, 5.41) is 3.32. The first-order valence-electron chi connectivity index (χ1n) is 6.38. The first-order valence-corrected chi connectivity index (χ1v) is 7.17. The smallest absolute Gasteiger partial charge is 0.242 e. The van der Waals surface area contributed by atoms with E-state index in [0.717, 1.165) is 16.6 Å². The molecule has 0 spiro atoms. The topological polar surface area (TPSA) is 58.4 Å². The number of hydrogen-bond acceptors (Lipinski definition) is 3. The monoisotopic (exact) mass is 327 g/mol. The zero-order valence-electron chi connectivity index (χ0n) is 11.7. The minimum atomic E-state index is -0.806. The van der Waals surface area contributed by atoms with Crippen LogP contribution in [-0.4, -0.2) is 38.0 Å². The molecule has 4 nitrogen and oxygen atoms in total. The number of nitrogens with zero attached hydrogens (tertiary/aromatic N) is 1. The van der Waals surface area contributed by atoms with E-state index in [9.17, 15) is 4.79 Å². The van der Waals surface area contributed by atoms with Crippen molar-refractivity contribution in [1.82, 2.24) is 10.2 Å². The molecule has 1 aromatic rings. The highest BCUT2D eigenvalue weighted by atomic mass is 79.9. The van der Waals surface area contributed by atoms with E-state index in [1.54, 1.807) is 0 Å². The maximum atomic E-state index is 12.0. The zero-order valence-corrected chi connectivity index (χ0v) is 13.3. The lowest BCUT2D eigenvalue weighted by Crippen LogP contribution is -2.53. The summed E-state index contributed by atoms with van der Waals surface area (Å²) in [5.74, 6) is -0.341. The molecule has 0 heterocycles. The Morgan fingerprint density at radius 2 is 2.16 bits per heavy atom. The van der Waals surface area contributed by atoms with Gasteiger partial charge in [0.25, 0.3) is 0 Å². The third-order valence-corrected chi connectivity index (χ3v) is 3.75. The van der Waals surface area contributed by atoms with Crippen LogP contribution in [-0.2, 0) is 10.3 Å². The molecular weight excluding hydrogens is 306 g/mol. The van der Waals surface area contributed by atoms with E-state index in [-0.39, 0.29) is 5.91 Å². The summed E-state index contributed by atoms with van der Waals surface area (Å²) in [5.41, 5.74) is 5.74. The summed E-state index contributed by atoms with van der Waals surface area (Å²) in [6, 6.07) is 7.73. The Balaban J connectivity index is 3.02. The molecule has 5 heteroatoms. The van der Waals surface area contributed by atoms with E-state index in [4.69, 9.17) is 5.73 Å².